The summed E-state index contributed by atoms with van der Waals surface area (Å²) in [4.78, 5) is 0. The maximum atomic E-state index is 14.3. The molecule has 0 aliphatic carbocycles. The molecule has 0 aliphatic rings. The van der Waals surface area contributed by atoms with Crippen molar-refractivity contribution >= 4 is 40.1 Å². The van der Waals surface area contributed by atoms with Crippen molar-refractivity contribution in [1.82, 2.24) is 18.9 Å². The van der Waals surface area contributed by atoms with E-state index in [2.05, 4.69) is 24.3 Å². The van der Waals surface area contributed by atoms with E-state index >= 15 is 0 Å². The summed E-state index contributed by atoms with van der Waals surface area (Å²) in [5.41, 5.74) is 0. The fourth-order valence-electron chi connectivity index (χ4n) is 6.19. The standard InChI is InChI=1S/C37H68N8O8S4/c38-29-21-13-5-1-9-17-25-33-42-54(46,47)37(55(48,49)43-34-26-18-10-2-6-14-22-30-39,56(50,51)44-35-27-19-11-3-7-15-23-31-40)57(52,53)45-36-28-20-12-4-8-16-24-32-41/h42-45H,1-28,33-36H2. The normalized spacial score (nSPS) is 12.4. The van der Waals surface area contributed by atoms with Crippen LogP contribution < -0.4 is 18.9 Å². The van der Waals surface area contributed by atoms with Gasteiger partial charge in [0, 0.05) is 51.9 Å². The Hall–Kier alpha value is -2.40. The van der Waals surface area contributed by atoms with Crippen LogP contribution in [-0.2, 0) is 40.1 Å². The highest BCUT2D eigenvalue weighted by molar-refractivity contribution is 8.38. The molecule has 57 heavy (non-hydrogen) atoms. The maximum absolute atomic E-state index is 14.3. The van der Waals surface area contributed by atoms with Gasteiger partial charge in [0.15, 0.2) is 0 Å². The Bertz CT molecular complexity index is 1440. The Morgan fingerprint density at radius 2 is 0.439 bits per heavy atom. The zero-order valence-corrected chi connectivity index (χ0v) is 37.1. The second-order valence-electron chi connectivity index (χ2n) is 14.2. The molecule has 0 heterocycles. The lowest BCUT2D eigenvalue weighted by atomic mass is 10.1. The lowest BCUT2D eigenvalue weighted by molar-refractivity contribution is 0.527. The highest BCUT2D eigenvalue weighted by atomic mass is 32.4. The Morgan fingerprint density at radius 1 is 0.281 bits per heavy atom. The average molecular weight is 881 g/mol. The molecule has 0 aliphatic heterocycles. The van der Waals surface area contributed by atoms with Crippen LogP contribution >= 0.6 is 0 Å². The van der Waals surface area contributed by atoms with Gasteiger partial charge in [-0.05, 0) is 51.4 Å². The van der Waals surface area contributed by atoms with Gasteiger partial charge in [-0.2, -0.15) is 21.0 Å². The van der Waals surface area contributed by atoms with Crippen molar-refractivity contribution in [1.29, 1.82) is 21.0 Å². The van der Waals surface area contributed by atoms with Gasteiger partial charge in [-0.1, -0.05) is 103 Å². The van der Waals surface area contributed by atoms with Crippen LogP contribution in [0.15, 0.2) is 0 Å². The van der Waals surface area contributed by atoms with E-state index in [1.807, 2.05) is 18.9 Å². The van der Waals surface area contributed by atoms with Crippen molar-refractivity contribution in [3.05, 3.63) is 0 Å². The van der Waals surface area contributed by atoms with Gasteiger partial charge >= 0.3 is 2.74 Å². The second-order valence-corrected chi connectivity index (χ2v) is 23.4. The van der Waals surface area contributed by atoms with Crippen LogP contribution in [0.3, 0.4) is 0 Å². The summed E-state index contributed by atoms with van der Waals surface area (Å²) in [5, 5.41) is 34.9. The molecule has 0 aromatic rings. The maximum Gasteiger partial charge on any atom is 0.423 e. The number of unbranched alkanes of at least 4 members (excludes halogenated alkanes) is 24. The fraction of sp³-hybridized carbons (Fsp3) is 0.892. The number of rotatable bonds is 40. The number of nitrogens with zero attached hydrogens (tertiary/aromatic N) is 4. The molecule has 0 rings (SSSR count). The van der Waals surface area contributed by atoms with Crippen LogP contribution in [0.4, 0.5) is 0 Å². The molecule has 0 saturated carbocycles. The molecule has 0 radical (unpaired) electrons. The highest BCUT2D eigenvalue weighted by Gasteiger charge is 2.74. The SMILES string of the molecule is N#CCCCCCCCCNS(=O)(=O)C(S(=O)(=O)NCCCCCCCCC#N)(S(=O)(=O)NCCCCCCCCC#N)S(=O)(=O)NCCCCCCCCC#N. The highest BCUT2D eigenvalue weighted by Crippen LogP contribution is 2.35. The van der Waals surface area contributed by atoms with Gasteiger partial charge in [0.2, 0.25) is 0 Å². The van der Waals surface area contributed by atoms with Crippen LogP contribution in [0.1, 0.15) is 180 Å². The van der Waals surface area contributed by atoms with Crippen molar-refractivity contribution in [2.75, 3.05) is 26.2 Å². The van der Waals surface area contributed by atoms with Gasteiger partial charge in [-0.3, -0.25) is 0 Å². The molecule has 0 unspecified atom stereocenters. The average Bonchev–Trinajstić information content (AvgIpc) is 3.14. The van der Waals surface area contributed by atoms with Crippen molar-refractivity contribution in [3.8, 4) is 24.3 Å². The first-order valence-corrected chi connectivity index (χ1v) is 26.6. The molecular formula is C37H68N8O8S4. The topological polar surface area (TPSA) is 280 Å². The van der Waals surface area contributed by atoms with E-state index in [1.54, 1.807) is 0 Å². The summed E-state index contributed by atoms with van der Waals surface area (Å²) in [7, 11) is -23.0. The zero-order chi connectivity index (χ0) is 42.8. The predicted octanol–water partition coefficient (Wildman–Crippen LogP) is 6.29. The first kappa shape index (κ1) is 54.6. The smallest absolute Gasteiger partial charge is 0.212 e. The Labute approximate surface area is 345 Å². The van der Waals surface area contributed by atoms with E-state index in [0.717, 1.165) is 77.0 Å². The Kier molecular flexibility index (Phi) is 31.1. The lowest BCUT2D eigenvalue weighted by Gasteiger charge is -2.32. The molecule has 0 amide bonds. The summed E-state index contributed by atoms with van der Waals surface area (Å²) in [6.07, 6.45) is 16.2. The predicted molar refractivity (Wildman–Crippen MR) is 222 cm³/mol. The van der Waals surface area contributed by atoms with Gasteiger partial charge in [-0.25, -0.2) is 52.6 Å². The van der Waals surface area contributed by atoms with Gasteiger partial charge in [0.05, 0.1) is 24.3 Å². The van der Waals surface area contributed by atoms with Crippen LogP contribution in [0, 0.1) is 45.3 Å². The molecule has 328 valence electrons. The van der Waals surface area contributed by atoms with E-state index in [0.29, 0.717) is 77.0 Å². The summed E-state index contributed by atoms with van der Waals surface area (Å²) < 4.78 is 118. The van der Waals surface area contributed by atoms with Gasteiger partial charge in [0.1, 0.15) is 0 Å². The molecule has 0 aromatic carbocycles. The van der Waals surface area contributed by atoms with E-state index in [1.165, 1.54) is 0 Å². The third-order valence-electron chi connectivity index (χ3n) is 9.35. The summed E-state index contributed by atoms with van der Waals surface area (Å²) in [6, 6.07) is 8.28. The minimum Gasteiger partial charge on any atom is -0.212 e. The van der Waals surface area contributed by atoms with Crippen molar-refractivity contribution in [3.63, 3.8) is 0 Å². The molecule has 0 fully saturated rings. The third-order valence-corrected chi connectivity index (χ3v) is 22.2. The first-order chi connectivity index (χ1) is 27.2. The lowest BCUT2D eigenvalue weighted by Crippen LogP contribution is -2.69. The van der Waals surface area contributed by atoms with Gasteiger partial charge in [-0.15, -0.1) is 0 Å². The molecule has 0 atom stereocenters. The van der Waals surface area contributed by atoms with Crippen molar-refractivity contribution in [2.24, 2.45) is 0 Å². The Balaban J connectivity index is 6.45. The third kappa shape index (κ3) is 21.4. The number of nitriles is 4. The largest absolute Gasteiger partial charge is 0.423 e. The molecule has 20 heteroatoms. The quantitative estimate of drug-likeness (QED) is 0.0494. The number of hydrogen-bond donors (Lipinski definition) is 4. The van der Waals surface area contributed by atoms with Crippen molar-refractivity contribution < 1.29 is 33.7 Å². The zero-order valence-electron chi connectivity index (χ0n) is 33.8. The van der Waals surface area contributed by atoms with Gasteiger partial charge < -0.3 is 0 Å². The molecular weight excluding hydrogens is 813 g/mol. The monoisotopic (exact) mass is 880 g/mol. The molecule has 16 nitrogen and oxygen atoms in total. The summed E-state index contributed by atoms with van der Waals surface area (Å²) >= 11 is 0. The summed E-state index contributed by atoms with van der Waals surface area (Å²) in [6.45, 7) is -1.64. The molecule has 0 saturated heterocycles. The Morgan fingerprint density at radius 3 is 0.614 bits per heavy atom. The molecule has 4 N–H and O–H groups in total. The van der Waals surface area contributed by atoms with Crippen LogP contribution in [0.2, 0.25) is 0 Å². The van der Waals surface area contributed by atoms with Crippen LogP contribution in [0.25, 0.3) is 0 Å². The van der Waals surface area contributed by atoms with E-state index in [9.17, 15) is 33.7 Å². The van der Waals surface area contributed by atoms with E-state index < -0.39 is 69.0 Å². The number of nitrogens with one attached hydrogen (secondary N) is 4. The van der Waals surface area contributed by atoms with Crippen LogP contribution in [-0.4, -0.2) is 62.6 Å². The first-order valence-electron chi connectivity index (χ1n) is 20.7. The molecule has 0 bridgehead atoms. The van der Waals surface area contributed by atoms with Crippen LogP contribution in [0.5, 0.6) is 0 Å². The van der Waals surface area contributed by atoms with E-state index in [-0.39, 0.29) is 25.7 Å². The van der Waals surface area contributed by atoms with Gasteiger partial charge in [0.25, 0.3) is 40.1 Å². The fourth-order valence-corrected chi connectivity index (χ4v) is 17.6. The molecule has 0 aromatic heterocycles. The second kappa shape index (κ2) is 32.5. The molecule has 0 spiro atoms. The number of sulfonamides is 4. The minimum absolute atomic E-state index is 0.180. The van der Waals surface area contributed by atoms with E-state index in [4.69, 9.17) is 21.0 Å². The summed E-state index contributed by atoms with van der Waals surface area (Å²) in [5.74, 6) is 0. The van der Waals surface area contributed by atoms with Crippen molar-refractivity contribution in [2.45, 2.75) is 183 Å². The minimum atomic E-state index is -5.76. The number of hydrogen-bond acceptors (Lipinski definition) is 12.